The van der Waals surface area contributed by atoms with Crippen molar-refractivity contribution in [3.05, 3.63) is 12.1 Å². The smallest absolute Gasteiger partial charge is 0.214 e. The SMILES string of the molecule is COc1ccc2nc(NN)sc2n1. The highest BCUT2D eigenvalue weighted by molar-refractivity contribution is 7.21. The number of pyridine rings is 1. The van der Waals surface area contributed by atoms with E-state index in [1.54, 1.807) is 13.2 Å². The summed E-state index contributed by atoms with van der Waals surface area (Å²) in [7, 11) is 1.58. The molecule has 3 N–H and O–H groups in total. The molecule has 2 aromatic heterocycles. The zero-order valence-electron chi connectivity index (χ0n) is 6.94. The number of nitrogen functional groups attached to an aromatic ring is 1. The summed E-state index contributed by atoms with van der Waals surface area (Å²) in [6, 6.07) is 3.61. The van der Waals surface area contributed by atoms with Crippen LogP contribution in [0.25, 0.3) is 10.3 Å². The van der Waals surface area contributed by atoms with E-state index in [2.05, 4.69) is 15.4 Å². The number of nitrogens with zero attached hydrogens (tertiary/aromatic N) is 2. The molecule has 0 saturated heterocycles. The molecule has 2 aromatic rings. The molecule has 5 nitrogen and oxygen atoms in total. The fourth-order valence-electron chi connectivity index (χ4n) is 0.976. The Kier molecular flexibility index (Phi) is 1.99. The van der Waals surface area contributed by atoms with Crippen LogP contribution >= 0.6 is 11.3 Å². The fraction of sp³-hybridized carbons (Fsp3) is 0.143. The fourth-order valence-corrected chi connectivity index (χ4v) is 1.72. The van der Waals surface area contributed by atoms with Crippen molar-refractivity contribution in [2.45, 2.75) is 0 Å². The first-order valence-corrected chi connectivity index (χ1v) is 4.43. The predicted octanol–water partition coefficient (Wildman–Crippen LogP) is 0.985. The van der Waals surface area contributed by atoms with E-state index in [-0.39, 0.29) is 0 Å². The normalized spacial score (nSPS) is 10.3. The van der Waals surface area contributed by atoms with Crippen LogP contribution in [0.2, 0.25) is 0 Å². The molecule has 0 aliphatic carbocycles. The van der Waals surface area contributed by atoms with Crippen molar-refractivity contribution in [1.82, 2.24) is 9.97 Å². The molecule has 13 heavy (non-hydrogen) atoms. The molecule has 0 fully saturated rings. The van der Waals surface area contributed by atoms with Gasteiger partial charge in [0.05, 0.1) is 7.11 Å². The summed E-state index contributed by atoms with van der Waals surface area (Å²) in [5, 5.41) is 0.649. The Hall–Kier alpha value is -1.40. The van der Waals surface area contributed by atoms with Crippen molar-refractivity contribution in [3.8, 4) is 5.88 Å². The molecular formula is C7H8N4OS. The highest BCUT2D eigenvalue weighted by atomic mass is 32.1. The van der Waals surface area contributed by atoms with Crippen LogP contribution in [0.5, 0.6) is 5.88 Å². The summed E-state index contributed by atoms with van der Waals surface area (Å²) in [4.78, 5) is 9.18. The van der Waals surface area contributed by atoms with Crippen LogP contribution in [0.4, 0.5) is 5.13 Å². The summed E-state index contributed by atoms with van der Waals surface area (Å²) in [6.07, 6.45) is 0. The van der Waals surface area contributed by atoms with Gasteiger partial charge in [-0.25, -0.2) is 15.8 Å². The number of hydrogen-bond acceptors (Lipinski definition) is 6. The number of fused-ring (bicyclic) bond motifs is 1. The van der Waals surface area contributed by atoms with E-state index in [1.807, 2.05) is 6.07 Å². The van der Waals surface area contributed by atoms with Gasteiger partial charge < -0.3 is 4.74 Å². The predicted molar refractivity (Wildman–Crippen MR) is 51.8 cm³/mol. The molecule has 0 aliphatic rings. The Bertz CT molecular complexity index is 425. The van der Waals surface area contributed by atoms with E-state index >= 15 is 0 Å². The van der Waals surface area contributed by atoms with Crippen LogP contribution in [0, 0.1) is 0 Å². The quantitative estimate of drug-likeness (QED) is 0.553. The third-order valence-corrected chi connectivity index (χ3v) is 2.46. The van der Waals surface area contributed by atoms with E-state index in [0.29, 0.717) is 11.0 Å². The molecule has 68 valence electrons. The van der Waals surface area contributed by atoms with Crippen molar-refractivity contribution in [2.24, 2.45) is 5.84 Å². The van der Waals surface area contributed by atoms with Gasteiger partial charge in [-0.15, -0.1) is 0 Å². The Morgan fingerprint density at radius 3 is 3.00 bits per heavy atom. The van der Waals surface area contributed by atoms with E-state index in [1.165, 1.54) is 11.3 Å². The first kappa shape index (κ1) is 8.21. The second-order valence-electron chi connectivity index (χ2n) is 2.34. The average Bonchev–Trinajstić information content (AvgIpc) is 2.58. The Morgan fingerprint density at radius 1 is 1.46 bits per heavy atom. The minimum atomic E-state index is 0.583. The van der Waals surface area contributed by atoms with E-state index in [4.69, 9.17) is 10.6 Å². The summed E-state index contributed by atoms with van der Waals surface area (Å²) >= 11 is 1.39. The topological polar surface area (TPSA) is 73.1 Å². The molecule has 0 bridgehead atoms. The Morgan fingerprint density at radius 2 is 2.31 bits per heavy atom. The zero-order chi connectivity index (χ0) is 9.26. The molecule has 0 radical (unpaired) electrons. The van der Waals surface area contributed by atoms with Crippen LogP contribution in [0.1, 0.15) is 0 Å². The first-order chi connectivity index (χ1) is 6.33. The van der Waals surface area contributed by atoms with Gasteiger partial charge in [0.25, 0.3) is 0 Å². The van der Waals surface area contributed by atoms with Crippen LogP contribution in [-0.4, -0.2) is 17.1 Å². The number of hydrazine groups is 1. The minimum absolute atomic E-state index is 0.583. The molecule has 0 atom stereocenters. The lowest BCUT2D eigenvalue weighted by molar-refractivity contribution is 0.400. The Balaban J connectivity index is 2.57. The molecule has 0 aromatic carbocycles. The molecule has 0 saturated carbocycles. The number of thiazole rings is 1. The Labute approximate surface area is 78.5 Å². The second-order valence-corrected chi connectivity index (χ2v) is 3.32. The molecule has 2 heterocycles. The summed E-state index contributed by atoms with van der Waals surface area (Å²) in [5.74, 6) is 5.81. The second kappa shape index (κ2) is 3.15. The standard InChI is InChI=1S/C7H8N4OS/c1-12-5-3-2-4-6(10-5)13-7(9-4)11-8/h2-3H,8H2,1H3,(H,9,11). The van der Waals surface area contributed by atoms with Crippen molar-refractivity contribution >= 4 is 26.8 Å². The van der Waals surface area contributed by atoms with Gasteiger partial charge in [-0.2, -0.15) is 0 Å². The highest BCUT2D eigenvalue weighted by Gasteiger charge is 2.04. The molecule has 0 unspecified atom stereocenters. The largest absolute Gasteiger partial charge is 0.481 e. The third-order valence-electron chi connectivity index (χ3n) is 1.56. The highest BCUT2D eigenvalue weighted by Crippen LogP contribution is 2.25. The third kappa shape index (κ3) is 1.41. The maximum absolute atomic E-state index is 5.22. The zero-order valence-corrected chi connectivity index (χ0v) is 7.76. The molecule has 0 amide bonds. The monoisotopic (exact) mass is 196 g/mol. The minimum Gasteiger partial charge on any atom is -0.481 e. The maximum Gasteiger partial charge on any atom is 0.214 e. The first-order valence-electron chi connectivity index (χ1n) is 3.61. The number of methoxy groups -OCH3 is 1. The molecule has 2 rings (SSSR count). The van der Waals surface area contributed by atoms with Crippen LogP contribution < -0.4 is 16.0 Å². The lowest BCUT2D eigenvalue weighted by Crippen LogP contribution is -2.05. The van der Waals surface area contributed by atoms with Gasteiger partial charge in [-0.3, -0.25) is 5.43 Å². The van der Waals surface area contributed by atoms with Crippen molar-refractivity contribution < 1.29 is 4.74 Å². The van der Waals surface area contributed by atoms with Crippen LogP contribution in [-0.2, 0) is 0 Å². The van der Waals surface area contributed by atoms with Crippen molar-refractivity contribution in [1.29, 1.82) is 0 Å². The lowest BCUT2D eigenvalue weighted by Gasteiger charge is -1.94. The molecule has 0 spiro atoms. The van der Waals surface area contributed by atoms with Gasteiger partial charge in [-0.1, -0.05) is 11.3 Å². The van der Waals surface area contributed by atoms with Crippen molar-refractivity contribution in [3.63, 3.8) is 0 Å². The average molecular weight is 196 g/mol. The maximum atomic E-state index is 5.22. The number of anilines is 1. The van der Waals surface area contributed by atoms with Gasteiger partial charge in [0.2, 0.25) is 5.88 Å². The summed E-state index contributed by atoms with van der Waals surface area (Å²) < 4.78 is 4.98. The summed E-state index contributed by atoms with van der Waals surface area (Å²) in [5.41, 5.74) is 3.30. The number of ether oxygens (including phenoxy) is 1. The van der Waals surface area contributed by atoms with Gasteiger partial charge in [0.15, 0.2) is 5.13 Å². The number of nitrogens with one attached hydrogen (secondary N) is 1. The lowest BCUT2D eigenvalue weighted by atomic mass is 10.4. The van der Waals surface area contributed by atoms with Gasteiger partial charge >= 0.3 is 0 Å². The summed E-state index contributed by atoms with van der Waals surface area (Å²) in [6.45, 7) is 0. The number of nitrogens with two attached hydrogens (primary N) is 1. The van der Waals surface area contributed by atoms with E-state index in [0.717, 1.165) is 10.3 Å². The van der Waals surface area contributed by atoms with Gasteiger partial charge in [0.1, 0.15) is 10.3 Å². The molecule has 6 heteroatoms. The number of rotatable bonds is 2. The molecular weight excluding hydrogens is 188 g/mol. The number of aromatic nitrogens is 2. The van der Waals surface area contributed by atoms with E-state index in [9.17, 15) is 0 Å². The van der Waals surface area contributed by atoms with Gasteiger partial charge in [-0.05, 0) is 6.07 Å². The van der Waals surface area contributed by atoms with Crippen LogP contribution in [0.3, 0.4) is 0 Å². The van der Waals surface area contributed by atoms with Crippen molar-refractivity contribution in [2.75, 3.05) is 12.5 Å². The molecule has 0 aliphatic heterocycles. The van der Waals surface area contributed by atoms with Gasteiger partial charge in [0, 0.05) is 6.07 Å². The van der Waals surface area contributed by atoms with Crippen LogP contribution in [0.15, 0.2) is 12.1 Å². The van der Waals surface area contributed by atoms with E-state index < -0.39 is 0 Å². The number of hydrogen-bond donors (Lipinski definition) is 2.